The zero-order chi connectivity index (χ0) is 23.5. The van der Waals surface area contributed by atoms with E-state index in [0.717, 1.165) is 29.2 Å². The first-order chi connectivity index (χ1) is 16.6. The number of hydrogen-bond donors (Lipinski definition) is 1. The fraction of sp³-hybridized carbons (Fsp3) is 0.320. The van der Waals surface area contributed by atoms with Crippen molar-refractivity contribution >= 4 is 21.1 Å². The Balaban J connectivity index is 1.44. The Morgan fingerprint density at radius 3 is 2.56 bits per heavy atom. The molecule has 1 fully saturated rings. The van der Waals surface area contributed by atoms with Crippen LogP contribution in [0, 0.1) is 0 Å². The maximum absolute atomic E-state index is 13.1. The molecular formula is C25H28N4O4S. The van der Waals surface area contributed by atoms with Crippen molar-refractivity contribution < 1.29 is 17.6 Å². The van der Waals surface area contributed by atoms with Gasteiger partial charge >= 0.3 is 0 Å². The topological polar surface area (TPSA) is 89.6 Å². The lowest BCUT2D eigenvalue weighted by Crippen LogP contribution is -2.40. The summed E-state index contributed by atoms with van der Waals surface area (Å²) in [6.45, 7) is 4.84. The largest absolute Gasteiger partial charge is 0.467 e. The molecule has 34 heavy (non-hydrogen) atoms. The van der Waals surface area contributed by atoms with E-state index in [0.29, 0.717) is 38.4 Å². The molecule has 0 unspecified atom stereocenters. The van der Waals surface area contributed by atoms with Gasteiger partial charge in [-0.2, -0.15) is 4.31 Å². The second-order valence-electron chi connectivity index (χ2n) is 8.18. The first-order valence-corrected chi connectivity index (χ1v) is 12.9. The summed E-state index contributed by atoms with van der Waals surface area (Å²) in [5.41, 5.74) is 2.67. The molecule has 9 heteroatoms. The molecule has 0 aliphatic carbocycles. The SMILES string of the molecule is CCn1c(CN[C@H](c2ccccc2)c2ccco2)nc2cc(S(=O)(=O)N3CCOCC3)ccc21. The lowest BCUT2D eigenvalue weighted by molar-refractivity contribution is 0.0730. The van der Waals surface area contributed by atoms with Crippen LogP contribution in [0.3, 0.4) is 0 Å². The van der Waals surface area contributed by atoms with Gasteiger partial charge in [-0.3, -0.25) is 5.32 Å². The van der Waals surface area contributed by atoms with Crippen molar-refractivity contribution in [2.45, 2.75) is 31.0 Å². The van der Waals surface area contributed by atoms with Gasteiger partial charge in [0.2, 0.25) is 10.0 Å². The number of nitrogens with one attached hydrogen (secondary N) is 1. The summed E-state index contributed by atoms with van der Waals surface area (Å²) in [5.74, 6) is 1.66. The molecule has 1 atom stereocenters. The molecule has 3 heterocycles. The van der Waals surface area contributed by atoms with Crippen LogP contribution in [0.1, 0.15) is 30.1 Å². The minimum absolute atomic E-state index is 0.126. The lowest BCUT2D eigenvalue weighted by atomic mass is 10.0. The van der Waals surface area contributed by atoms with E-state index in [1.165, 1.54) is 4.31 Å². The van der Waals surface area contributed by atoms with Gasteiger partial charge in [-0.1, -0.05) is 30.3 Å². The molecule has 2 aromatic heterocycles. The quantitative estimate of drug-likeness (QED) is 0.415. The molecular weight excluding hydrogens is 452 g/mol. The number of sulfonamides is 1. The molecule has 1 aliphatic heterocycles. The van der Waals surface area contributed by atoms with Crippen molar-refractivity contribution in [3.8, 4) is 0 Å². The Bertz CT molecular complexity index is 1340. The maximum atomic E-state index is 13.1. The van der Waals surface area contributed by atoms with E-state index in [-0.39, 0.29) is 10.9 Å². The Kier molecular flexibility index (Phi) is 6.51. The van der Waals surface area contributed by atoms with Crippen LogP contribution >= 0.6 is 0 Å². The van der Waals surface area contributed by atoms with Gasteiger partial charge in [0.05, 0.1) is 48.0 Å². The number of morpholine rings is 1. The van der Waals surface area contributed by atoms with Gasteiger partial charge in [0.15, 0.2) is 0 Å². The maximum Gasteiger partial charge on any atom is 0.243 e. The molecule has 0 radical (unpaired) electrons. The average Bonchev–Trinajstić information content (AvgIpc) is 3.53. The first-order valence-electron chi connectivity index (χ1n) is 11.5. The van der Waals surface area contributed by atoms with E-state index in [4.69, 9.17) is 14.1 Å². The number of imidazole rings is 1. The van der Waals surface area contributed by atoms with Crippen molar-refractivity contribution in [1.29, 1.82) is 0 Å². The van der Waals surface area contributed by atoms with Crippen LogP contribution in [0.2, 0.25) is 0 Å². The molecule has 1 saturated heterocycles. The van der Waals surface area contributed by atoms with Gasteiger partial charge in [-0.05, 0) is 42.8 Å². The molecule has 0 bridgehead atoms. The molecule has 1 aliphatic rings. The number of fused-ring (bicyclic) bond motifs is 1. The van der Waals surface area contributed by atoms with Crippen LogP contribution in [-0.4, -0.2) is 48.6 Å². The highest BCUT2D eigenvalue weighted by molar-refractivity contribution is 7.89. The van der Waals surface area contributed by atoms with E-state index in [1.54, 1.807) is 18.4 Å². The monoisotopic (exact) mass is 480 g/mol. The van der Waals surface area contributed by atoms with Crippen molar-refractivity contribution in [1.82, 2.24) is 19.2 Å². The number of hydrogen-bond acceptors (Lipinski definition) is 6. The van der Waals surface area contributed by atoms with Crippen molar-refractivity contribution in [3.05, 3.63) is 84.1 Å². The van der Waals surface area contributed by atoms with Crippen LogP contribution in [0.5, 0.6) is 0 Å². The summed E-state index contributed by atoms with van der Waals surface area (Å²) in [7, 11) is -3.58. The van der Waals surface area contributed by atoms with Gasteiger partial charge in [0, 0.05) is 19.6 Å². The molecule has 0 saturated carbocycles. The number of furan rings is 1. The second kappa shape index (κ2) is 9.71. The van der Waals surface area contributed by atoms with Gasteiger partial charge < -0.3 is 13.7 Å². The van der Waals surface area contributed by atoms with Crippen LogP contribution in [0.25, 0.3) is 11.0 Å². The van der Waals surface area contributed by atoms with Crippen molar-refractivity contribution in [2.75, 3.05) is 26.3 Å². The standard InChI is InChI=1S/C25H28N4O4S/c1-2-29-22-11-10-20(34(30,31)28-12-15-32-16-13-28)17-21(22)27-24(29)18-26-25(23-9-6-14-33-23)19-7-4-3-5-8-19/h3-11,14,17,25-26H,2,12-13,15-16,18H2,1H3/t25-/m1/s1. The minimum atomic E-state index is -3.58. The Hall–Kier alpha value is -2.98. The molecule has 4 aromatic rings. The first kappa shape index (κ1) is 22.8. The average molecular weight is 481 g/mol. The number of rotatable bonds is 8. The molecule has 1 N–H and O–H groups in total. The normalized spacial score (nSPS) is 16.1. The summed E-state index contributed by atoms with van der Waals surface area (Å²) < 4.78 is 40.8. The highest BCUT2D eigenvalue weighted by Gasteiger charge is 2.27. The Morgan fingerprint density at radius 2 is 1.85 bits per heavy atom. The summed E-state index contributed by atoms with van der Waals surface area (Å²) >= 11 is 0. The minimum Gasteiger partial charge on any atom is -0.467 e. The predicted molar refractivity (Wildman–Crippen MR) is 129 cm³/mol. The number of benzene rings is 2. The zero-order valence-electron chi connectivity index (χ0n) is 19.1. The van der Waals surface area contributed by atoms with Crippen molar-refractivity contribution in [2.24, 2.45) is 0 Å². The van der Waals surface area contributed by atoms with Crippen LogP contribution < -0.4 is 5.32 Å². The van der Waals surface area contributed by atoms with Crippen LogP contribution in [0.15, 0.2) is 76.2 Å². The van der Waals surface area contributed by atoms with Gasteiger partial charge in [-0.25, -0.2) is 13.4 Å². The Labute approximate surface area is 199 Å². The summed E-state index contributed by atoms with van der Waals surface area (Å²) in [4.78, 5) is 5.08. The van der Waals surface area contributed by atoms with Crippen LogP contribution in [-0.2, 0) is 27.8 Å². The zero-order valence-corrected chi connectivity index (χ0v) is 19.9. The fourth-order valence-electron chi connectivity index (χ4n) is 4.42. The molecule has 0 spiro atoms. The summed E-state index contributed by atoms with van der Waals surface area (Å²) in [6.07, 6.45) is 1.67. The summed E-state index contributed by atoms with van der Waals surface area (Å²) in [5, 5.41) is 3.57. The van der Waals surface area contributed by atoms with Gasteiger partial charge in [0.25, 0.3) is 0 Å². The summed E-state index contributed by atoms with van der Waals surface area (Å²) in [6, 6.07) is 19.0. The van der Waals surface area contributed by atoms with Gasteiger partial charge in [0.1, 0.15) is 11.6 Å². The highest BCUT2D eigenvalue weighted by atomic mass is 32.2. The van der Waals surface area contributed by atoms with E-state index in [9.17, 15) is 8.42 Å². The number of aromatic nitrogens is 2. The molecule has 178 valence electrons. The third-order valence-corrected chi connectivity index (χ3v) is 8.04. The molecule has 8 nitrogen and oxygen atoms in total. The van der Waals surface area contributed by atoms with E-state index in [2.05, 4.69) is 28.9 Å². The van der Waals surface area contributed by atoms with E-state index >= 15 is 0 Å². The van der Waals surface area contributed by atoms with Crippen molar-refractivity contribution in [3.63, 3.8) is 0 Å². The molecule has 2 aromatic carbocycles. The Morgan fingerprint density at radius 1 is 1.06 bits per heavy atom. The lowest BCUT2D eigenvalue weighted by Gasteiger charge is -2.26. The van der Waals surface area contributed by atoms with E-state index < -0.39 is 10.0 Å². The highest BCUT2D eigenvalue weighted by Crippen LogP contribution is 2.26. The third-order valence-electron chi connectivity index (χ3n) is 6.15. The second-order valence-corrected chi connectivity index (χ2v) is 10.1. The molecule has 0 amide bonds. The predicted octanol–water partition coefficient (Wildman–Crippen LogP) is 3.55. The molecule has 5 rings (SSSR count). The third kappa shape index (κ3) is 4.39. The van der Waals surface area contributed by atoms with Crippen LogP contribution in [0.4, 0.5) is 0 Å². The fourth-order valence-corrected chi connectivity index (χ4v) is 5.85. The number of ether oxygens (including phenoxy) is 1. The number of aryl methyl sites for hydroxylation is 1. The van der Waals surface area contributed by atoms with E-state index in [1.807, 2.05) is 36.4 Å². The number of nitrogens with zero attached hydrogens (tertiary/aromatic N) is 3. The smallest absolute Gasteiger partial charge is 0.243 e. The van der Waals surface area contributed by atoms with Gasteiger partial charge in [-0.15, -0.1) is 0 Å².